The summed E-state index contributed by atoms with van der Waals surface area (Å²) < 4.78 is 32.1. The molecule has 0 bridgehead atoms. The molecule has 3 rings (SSSR count). The molecule has 0 amide bonds. The molecule has 0 saturated carbocycles. The highest BCUT2D eigenvalue weighted by Crippen LogP contribution is 2.28. The van der Waals surface area contributed by atoms with Gasteiger partial charge in [-0.2, -0.15) is 17.6 Å². The molecule has 0 aliphatic heterocycles. The number of benzene rings is 2. The Morgan fingerprint density at radius 1 is 1.24 bits per heavy atom. The molecule has 130 valence electrons. The van der Waals surface area contributed by atoms with E-state index >= 15 is 0 Å². The van der Waals surface area contributed by atoms with E-state index in [1.54, 1.807) is 36.4 Å². The second-order valence-corrected chi connectivity index (χ2v) is 8.19. The molecular weight excluding hydrogens is 408 g/mol. The van der Waals surface area contributed by atoms with Gasteiger partial charge in [-0.15, -0.1) is 0 Å². The third-order valence-electron chi connectivity index (χ3n) is 3.79. The normalized spacial score (nSPS) is 11.6. The van der Waals surface area contributed by atoms with Crippen LogP contribution in [0, 0.1) is 6.92 Å². The van der Waals surface area contributed by atoms with Gasteiger partial charge in [0.25, 0.3) is 10.0 Å². The Bertz CT molecular complexity index is 1060. The number of ether oxygens (including phenoxy) is 1. The highest BCUT2D eigenvalue weighted by molar-refractivity contribution is 9.10. The molecule has 3 aromatic rings. The number of hydrogen-bond donors (Lipinski definition) is 0. The molecule has 1 aromatic heterocycles. The van der Waals surface area contributed by atoms with Crippen molar-refractivity contribution in [3.8, 4) is 0 Å². The first-order valence-electron chi connectivity index (χ1n) is 7.38. The Morgan fingerprint density at radius 3 is 2.56 bits per heavy atom. The Labute approximate surface area is 153 Å². The molecule has 25 heavy (non-hydrogen) atoms. The minimum absolute atomic E-state index is 0.0425. The second kappa shape index (κ2) is 6.61. The maximum atomic E-state index is 12.9. The fourth-order valence-electron chi connectivity index (χ4n) is 2.46. The zero-order valence-electron chi connectivity index (χ0n) is 13.6. The van der Waals surface area contributed by atoms with Gasteiger partial charge in [-0.1, -0.05) is 33.6 Å². The quantitative estimate of drug-likeness (QED) is 0.603. The zero-order chi connectivity index (χ0) is 18.2. The number of methoxy groups -OCH3 is 1. The molecule has 0 aliphatic carbocycles. The zero-order valence-corrected chi connectivity index (χ0v) is 16.0. The summed E-state index contributed by atoms with van der Waals surface area (Å²) in [4.78, 5) is 11.7. The summed E-state index contributed by atoms with van der Waals surface area (Å²) in [5.74, 6) is -0.404. The molecule has 0 unspecified atom stereocenters. The first-order chi connectivity index (χ1) is 11.8. The lowest BCUT2D eigenvalue weighted by Gasteiger charge is -2.08. The number of hydrogen-bond acceptors (Lipinski definition) is 5. The van der Waals surface area contributed by atoms with Gasteiger partial charge in [0, 0.05) is 9.86 Å². The standard InChI is InChI=1S/C17H15BrN2O4S/c1-11-3-5-13(6-4-11)25(22,23)20-16-8-12(9-17(21)24-2)7-15(18)14(16)10-19-20/h3-8,10H,9H2,1-2H3. The predicted molar refractivity (Wildman–Crippen MR) is 96.9 cm³/mol. The van der Waals surface area contributed by atoms with Crippen LogP contribution >= 0.6 is 15.9 Å². The molecule has 0 aliphatic rings. The predicted octanol–water partition coefficient (Wildman–Crippen LogP) is 3.06. The van der Waals surface area contributed by atoms with Crippen LogP contribution in [0.5, 0.6) is 0 Å². The fourth-order valence-corrected chi connectivity index (χ4v) is 4.32. The lowest BCUT2D eigenvalue weighted by Crippen LogP contribution is -2.14. The van der Waals surface area contributed by atoms with E-state index in [-0.39, 0.29) is 11.3 Å². The van der Waals surface area contributed by atoms with Crippen molar-refractivity contribution in [2.45, 2.75) is 18.2 Å². The van der Waals surface area contributed by atoms with Gasteiger partial charge in [-0.3, -0.25) is 4.79 Å². The number of carbonyl (C=O) groups excluding carboxylic acids is 1. The number of fused-ring (bicyclic) bond motifs is 1. The van der Waals surface area contributed by atoms with Gasteiger partial charge in [0.05, 0.1) is 30.1 Å². The second-order valence-electron chi connectivity index (χ2n) is 5.57. The summed E-state index contributed by atoms with van der Waals surface area (Å²) in [7, 11) is -2.53. The highest BCUT2D eigenvalue weighted by Gasteiger charge is 2.21. The molecule has 1 heterocycles. The van der Waals surface area contributed by atoms with Crippen molar-refractivity contribution in [3.63, 3.8) is 0 Å². The fraction of sp³-hybridized carbons (Fsp3) is 0.176. The van der Waals surface area contributed by atoms with Crippen molar-refractivity contribution in [3.05, 3.63) is 58.2 Å². The van der Waals surface area contributed by atoms with E-state index in [0.717, 1.165) is 9.65 Å². The van der Waals surface area contributed by atoms with Crippen LogP contribution in [0.3, 0.4) is 0 Å². The monoisotopic (exact) mass is 422 g/mol. The first kappa shape index (κ1) is 17.6. The topological polar surface area (TPSA) is 78.3 Å². The molecule has 2 aromatic carbocycles. The average molecular weight is 423 g/mol. The summed E-state index contributed by atoms with van der Waals surface area (Å²) in [5, 5.41) is 4.69. The third kappa shape index (κ3) is 3.32. The Balaban J connectivity index is 2.16. The summed E-state index contributed by atoms with van der Waals surface area (Å²) in [6, 6.07) is 9.95. The van der Waals surface area contributed by atoms with Crippen LogP contribution in [0.25, 0.3) is 10.9 Å². The maximum Gasteiger partial charge on any atom is 0.309 e. The van der Waals surface area contributed by atoms with Gasteiger partial charge in [0.2, 0.25) is 0 Å². The average Bonchev–Trinajstić information content (AvgIpc) is 3.00. The molecule has 0 atom stereocenters. The molecule has 0 saturated heterocycles. The van der Waals surface area contributed by atoms with Gasteiger partial charge in [0.15, 0.2) is 0 Å². The SMILES string of the molecule is COC(=O)Cc1cc(Br)c2cnn(S(=O)(=O)c3ccc(C)cc3)c2c1. The van der Waals surface area contributed by atoms with Crippen LogP contribution in [-0.4, -0.2) is 30.7 Å². The molecule has 8 heteroatoms. The van der Waals surface area contributed by atoms with Crippen LogP contribution < -0.4 is 0 Å². The van der Waals surface area contributed by atoms with E-state index in [9.17, 15) is 13.2 Å². The van der Waals surface area contributed by atoms with E-state index in [0.29, 0.717) is 20.9 Å². The lowest BCUT2D eigenvalue weighted by molar-refractivity contribution is -0.139. The van der Waals surface area contributed by atoms with E-state index in [4.69, 9.17) is 0 Å². The third-order valence-corrected chi connectivity index (χ3v) is 6.06. The number of aromatic nitrogens is 2. The minimum Gasteiger partial charge on any atom is -0.469 e. The number of rotatable bonds is 4. The molecular formula is C17H15BrN2O4S. The Hall–Kier alpha value is -2.19. The van der Waals surface area contributed by atoms with Gasteiger partial charge in [-0.25, -0.2) is 0 Å². The van der Waals surface area contributed by atoms with Gasteiger partial charge < -0.3 is 4.74 Å². The summed E-state index contributed by atoms with van der Waals surface area (Å²) in [6.45, 7) is 1.88. The molecule has 0 fully saturated rings. The number of carbonyl (C=O) groups is 1. The molecule has 0 N–H and O–H groups in total. The van der Waals surface area contributed by atoms with Gasteiger partial charge >= 0.3 is 5.97 Å². The minimum atomic E-state index is -3.84. The summed E-state index contributed by atoms with van der Waals surface area (Å²) in [5.41, 5.74) is 1.99. The van der Waals surface area contributed by atoms with Gasteiger partial charge in [0.1, 0.15) is 0 Å². The van der Waals surface area contributed by atoms with Crippen molar-refractivity contribution in [2.75, 3.05) is 7.11 Å². The molecule has 6 nitrogen and oxygen atoms in total. The van der Waals surface area contributed by atoms with Gasteiger partial charge in [-0.05, 0) is 36.8 Å². The number of esters is 1. The highest BCUT2D eigenvalue weighted by atomic mass is 79.9. The van der Waals surface area contributed by atoms with Crippen molar-refractivity contribution < 1.29 is 17.9 Å². The van der Waals surface area contributed by atoms with Crippen LogP contribution in [-0.2, 0) is 26.0 Å². The van der Waals surface area contributed by atoms with Crippen molar-refractivity contribution in [1.82, 2.24) is 9.19 Å². The van der Waals surface area contributed by atoms with Crippen LogP contribution in [0.2, 0.25) is 0 Å². The first-order valence-corrected chi connectivity index (χ1v) is 9.61. The van der Waals surface area contributed by atoms with Crippen molar-refractivity contribution in [2.24, 2.45) is 0 Å². The Kier molecular flexibility index (Phi) is 4.66. The van der Waals surface area contributed by atoms with Crippen molar-refractivity contribution in [1.29, 1.82) is 0 Å². The molecule has 0 radical (unpaired) electrons. The largest absolute Gasteiger partial charge is 0.469 e. The van der Waals surface area contributed by atoms with Crippen LogP contribution in [0.4, 0.5) is 0 Å². The van der Waals surface area contributed by atoms with Crippen molar-refractivity contribution >= 4 is 42.8 Å². The Morgan fingerprint density at radius 2 is 1.92 bits per heavy atom. The van der Waals surface area contributed by atoms with Crippen LogP contribution in [0.15, 0.2) is 52.0 Å². The summed E-state index contributed by atoms with van der Waals surface area (Å²) in [6.07, 6.45) is 1.52. The van der Waals surface area contributed by atoms with E-state index in [1.807, 2.05) is 6.92 Å². The summed E-state index contributed by atoms with van der Waals surface area (Å²) >= 11 is 3.41. The van der Waals surface area contributed by atoms with Crippen LogP contribution in [0.1, 0.15) is 11.1 Å². The van der Waals surface area contributed by atoms with E-state index in [1.165, 1.54) is 13.3 Å². The molecule has 0 spiro atoms. The number of aryl methyl sites for hydroxylation is 1. The van der Waals surface area contributed by atoms with E-state index in [2.05, 4.69) is 25.8 Å². The number of nitrogens with zero attached hydrogens (tertiary/aromatic N) is 2. The van der Waals surface area contributed by atoms with E-state index < -0.39 is 16.0 Å². The smallest absolute Gasteiger partial charge is 0.309 e. The maximum absolute atomic E-state index is 12.9. The number of halogens is 1. The lowest BCUT2D eigenvalue weighted by atomic mass is 10.1.